The van der Waals surface area contributed by atoms with Crippen LogP contribution in [-0.2, 0) is 0 Å². The number of para-hydroxylation sites is 1. The highest BCUT2D eigenvalue weighted by Gasteiger charge is 2.24. The minimum Gasteiger partial charge on any atom is -0.457 e. The average molecular weight is 361 g/mol. The van der Waals surface area contributed by atoms with Gasteiger partial charge in [-0.05, 0) is 37.6 Å². The number of ether oxygens (including phenoxy) is 1. The standard InChI is InChI=1S/C18H21ClN4O2/c1-12-10-16(19)22-17(20-12)23-18(24)21-13-6-5-9-15(11-13)25-14-7-3-2-4-8-14/h2-9,11-12,16-17,20,22H,10H2,1H3,(H2,21,23,24). The van der Waals surface area contributed by atoms with Gasteiger partial charge in [-0.3, -0.25) is 10.6 Å². The molecule has 2 amide bonds. The molecule has 1 fully saturated rings. The fraction of sp³-hybridized carbons (Fsp3) is 0.278. The summed E-state index contributed by atoms with van der Waals surface area (Å²) in [5, 5.41) is 11.9. The molecule has 7 heteroatoms. The van der Waals surface area contributed by atoms with Crippen molar-refractivity contribution in [1.29, 1.82) is 0 Å². The van der Waals surface area contributed by atoms with Gasteiger partial charge >= 0.3 is 6.03 Å². The first-order valence-electron chi connectivity index (χ1n) is 8.15. The zero-order chi connectivity index (χ0) is 17.6. The quantitative estimate of drug-likeness (QED) is 0.498. The lowest BCUT2D eigenvalue weighted by Gasteiger charge is -2.33. The molecule has 4 N–H and O–H groups in total. The summed E-state index contributed by atoms with van der Waals surface area (Å²) in [7, 11) is 0. The van der Waals surface area contributed by atoms with Crippen LogP contribution in [0.5, 0.6) is 11.5 Å². The average Bonchev–Trinajstić information content (AvgIpc) is 2.55. The third kappa shape index (κ3) is 5.35. The van der Waals surface area contributed by atoms with E-state index in [0.29, 0.717) is 11.4 Å². The van der Waals surface area contributed by atoms with Crippen LogP contribution in [0.25, 0.3) is 0 Å². The number of hydrogen-bond acceptors (Lipinski definition) is 4. The second kappa shape index (κ2) is 8.20. The third-order valence-corrected chi connectivity index (χ3v) is 4.01. The Kier molecular flexibility index (Phi) is 5.75. The van der Waals surface area contributed by atoms with E-state index in [2.05, 4.69) is 21.3 Å². The molecule has 6 nitrogen and oxygen atoms in total. The predicted molar refractivity (Wildman–Crippen MR) is 98.9 cm³/mol. The molecule has 1 aliphatic heterocycles. The van der Waals surface area contributed by atoms with Crippen LogP contribution in [0.3, 0.4) is 0 Å². The molecule has 0 aromatic heterocycles. The second-order valence-electron chi connectivity index (χ2n) is 5.91. The minimum absolute atomic E-state index is 0.177. The van der Waals surface area contributed by atoms with Crippen molar-refractivity contribution in [2.75, 3.05) is 5.32 Å². The van der Waals surface area contributed by atoms with E-state index in [9.17, 15) is 4.79 Å². The maximum atomic E-state index is 12.2. The lowest BCUT2D eigenvalue weighted by Crippen LogP contribution is -2.63. The predicted octanol–water partition coefficient (Wildman–Crippen LogP) is 3.42. The van der Waals surface area contributed by atoms with Crippen molar-refractivity contribution in [3.05, 3.63) is 54.6 Å². The molecular weight excluding hydrogens is 340 g/mol. The first kappa shape index (κ1) is 17.5. The molecule has 3 unspecified atom stereocenters. The molecular formula is C18H21ClN4O2. The third-order valence-electron chi connectivity index (χ3n) is 3.71. The Bertz CT molecular complexity index is 703. The summed E-state index contributed by atoms with van der Waals surface area (Å²) in [6, 6.07) is 16.6. The summed E-state index contributed by atoms with van der Waals surface area (Å²) < 4.78 is 5.76. The molecule has 2 aromatic rings. The molecule has 25 heavy (non-hydrogen) atoms. The molecule has 1 heterocycles. The van der Waals surface area contributed by atoms with Gasteiger partial charge in [0.2, 0.25) is 0 Å². The zero-order valence-electron chi connectivity index (χ0n) is 13.8. The van der Waals surface area contributed by atoms with Crippen molar-refractivity contribution in [3.63, 3.8) is 0 Å². The number of benzene rings is 2. The summed E-state index contributed by atoms with van der Waals surface area (Å²) in [6.07, 6.45) is 0.412. The van der Waals surface area contributed by atoms with Crippen molar-refractivity contribution in [3.8, 4) is 11.5 Å². The number of amides is 2. The summed E-state index contributed by atoms with van der Waals surface area (Å²) in [4.78, 5) is 12.2. The van der Waals surface area contributed by atoms with E-state index in [1.54, 1.807) is 12.1 Å². The number of alkyl halides is 1. The van der Waals surface area contributed by atoms with Crippen LogP contribution >= 0.6 is 11.6 Å². The Hall–Kier alpha value is -2.28. The monoisotopic (exact) mass is 360 g/mol. The van der Waals surface area contributed by atoms with Crippen molar-refractivity contribution >= 4 is 23.3 Å². The van der Waals surface area contributed by atoms with Gasteiger partial charge in [-0.2, -0.15) is 0 Å². The number of nitrogens with one attached hydrogen (secondary N) is 4. The molecule has 2 aromatic carbocycles. The van der Waals surface area contributed by atoms with Crippen molar-refractivity contribution in [2.24, 2.45) is 0 Å². The highest BCUT2D eigenvalue weighted by atomic mass is 35.5. The summed E-state index contributed by atoms with van der Waals surface area (Å²) in [5.41, 5.74) is 0.460. The van der Waals surface area contributed by atoms with E-state index in [0.717, 1.165) is 12.2 Å². The maximum Gasteiger partial charge on any atom is 0.321 e. The molecule has 132 valence electrons. The van der Waals surface area contributed by atoms with E-state index in [-0.39, 0.29) is 23.9 Å². The van der Waals surface area contributed by atoms with Crippen molar-refractivity contribution in [1.82, 2.24) is 16.0 Å². The van der Waals surface area contributed by atoms with Gasteiger partial charge < -0.3 is 15.4 Å². The van der Waals surface area contributed by atoms with Gasteiger partial charge in [0.05, 0.1) is 5.50 Å². The number of hydrogen-bond donors (Lipinski definition) is 4. The number of rotatable bonds is 4. The highest BCUT2D eigenvalue weighted by molar-refractivity contribution is 6.20. The lowest BCUT2D eigenvalue weighted by atomic mass is 10.2. The van der Waals surface area contributed by atoms with Gasteiger partial charge in [-0.25, -0.2) is 4.79 Å². The molecule has 1 saturated heterocycles. The highest BCUT2D eigenvalue weighted by Crippen LogP contribution is 2.23. The summed E-state index contributed by atoms with van der Waals surface area (Å²) in [5.74, 6) is 1.38. The fourth-order valence-corrected chi connectivity index (χ4v) is 3.00. The zero-order valence-corrected chi connectivity index (χ0v) is 14.6. The summed E-state index contributed by atoms with van der Waals surface area (Å²) >= 11 is 6.11. The van der Waals surface area contributed by atoms with E-state index in [1.165, 1.54) is 0 Å². The largest absolute Gasteiger partial charge is 0.457 e. The maximum absolute atomic E-state index is 12.2. The molecule has 0 spiro atoms. The molecule has 0 bridgehead atoms. The van der Waals surface area contributed by atoms with Gasteiger partial charge in [0.1, 0.15) is 17.8 Å². The number of carbonyl (C=O) groups is 1. The Morgan fingerprint density at radius 2 is 1.88 bits per heavy atom. The van der Waals surface area contributed by atoms with Gasteiger partial charge in [0.15, 0.2) is 0 Å². The molecule has 0 aliphatic carbocycles. The number of halogens is 1. The number of anilines is 1. The SMILES string of the molecule is CC1CC(Cl)NC(NC(=O)Nc2cccc(Oc3ccccc3)c2)N1. The van der Waals surface area contributed by atoms with Crippen molar-refractivity contribution in [2.45, 2.75) is 31.2 Å². The van der Waals surface area contributed by atoms with E-state index in [4.69, 9.17) is 16.3 Å². The first-order valence-corrected chi connectivity index (χ1v) is 8.59. The minimum atomic E-state index is -0.380. The van der Waals surface area contributed by atoms with Gasteiger partial charge in [0, 0.05) is 17.8 Å². The van der Waals surface area contributed by atoms with E-state index < -0.39 is 0 Å². The van der Waals surface area contributed by atoms with Crippen molar-refractivity contribution < 1.29 is 9.53 Å². The fourth-order valence-electron chi connectivity index (χ4n) is 2.60. The van der Waals surface area contributed by atoms with Gasteiger partial charge in [-0.1, -0.05) is 24.3 Å². The van der Waals surface area contributed by atoms with Crippen LogP contribution in [0, 0.1) is 0 Å². The smallest absolute Gasteiger partial charge is 0.321 e. The molecule has 3 atom stereocenters. The molecule has 1 aliphatic rings. The first-order chi connectivity index (χ1) is 12.1. The molecule has 0 saturated carbocycles. The topological polar surface area (TPSA) is 74.4 Å². The number of urea groups is 1. The Balaban J connectivity index is 1.57. The van der Waals surface area contributed by atoms with Crippen LogP contribution in [-0.4, -0.2) is 23.9 Å². The van der Waals surface area contributed by atoms with Crippen LogP contribution in [0.2, 0.25) is 0 Å². The van der Waals surface area contributed by atoms with E-state index >= 15 is 0 Å². The normalized spacial score (nSPS) is 22.9. The van der Waals surface area contributed by atoms with Crippen LogP contribution in [0.1, 0.15) is 13.3 Å². The van der Waals surface area contributed by atoms with Gasteiger partial charge in [-0.15, -0.1) is 11.6 Å². The lowest BCUT2D eigenvalue weighted by molar-refractivity contribution is 0.225. The number of carbonyl (C=O) groups excluding carboxylic acids is 1. The Morgan fingerprint density at radius 1 is 1.12 bits per heavy atom. The Labute approximate surface area is 151 Å². The Morgan fingerprint density at radius 3 is 2.64 bits per heavy atom. The molecule has 0 radical (unpaired) electrons. The summed E-state index contributed by atoms with van der Waals surface area (Å²) in [6.45, 7) is 2.02. The van der Waals surface area contributed by atoms with E-state index in [1.807, 2.05) is 49.4 Å². The van der Waals surface area contributed by atoms with Crippen LogP contribution < -0.4 is 26.0 Å². The second-order valence-corrected chi connectivity index (χ2v) is 6.44. The van der Waals surface area contributed by atoms with Crippen LogP contribution in [0.15, 0.2) is 54.6 Å². The van der Waals surface area contributed by atoms with Crippen LogP contribution in [0.4, 0.5) is 10.5 Å². The molecule has 3 rings (SSSR count). The van der Waals surface area contributed by atoms with Gasteiger partial charge in [0.25, 0.3) is 0 Å².